The van der Waals surface area contributed by atoms with Crippen molar-refractivity contribution in [2.75, 3.05) is 6.26 Å². The Hall–Kier alpha value is -0.580. The maximum Gasteiger partial charge on any atom is 0.161 e. The molecular formula is C16H16BrClN2S. The van der Waals surface area contributed by atoms with E-state index in [0.717, 1.165) is 21.6 Å². The molecule has 5 heteroatoms. The number of thioether (sulfide) groups is 1. The number of nitrogens with zero attached hydrogens (tertiary/aromatic N) is 2. The number of aromatic nitrogens is 2. The first-order valence-corrected chi connectivity index (χ1v) is 9.46. The highest BCUT2D eigenvalue weighted by Crippen LogP contribution is 2.39. The SMILES string of the molecule is CSc1ccc(-c2nc(Cl)c(Br)c(C3CCCC3)n2)cc1. The van der Waals surface area contributed by atoms with Gasteiger partial charge in [-0.1, -0.05) is 36.6 Å². The van der Waals surface area contributed by atoms with Crippen molar-refractivity contribution < 1.29 is 0 Å². The molecule has 1 aromatic heterocycles. The lowest BCUT2D eigenvalue weighted by atomic mass is 10.0. The molecule has 1 aromatic carbocycles. The quantitative estimate of drug-likeness (QED) is 0.484. The summed E-state index contributed by atoms with van der Waals surface area (Å²) < 4.78 is 0.862. The van der Waals surface area contributed by atoms with Crippen LogP contribution < -0.4 is 0 Å². The summed E-state index contributed by atoms with van der Waals surface area (Å²) >= 11 is 11.6. The van der Waals surface area contributed by atoms with Gasteiger partial charge in [0.1, 0.15) is 5.15 Å². The summed E-state index contributed by atoms with van der Waals surface area (Å²) in [6, 6.07) is 8.30. The van der Waals surface area contributed by atoms with Gasteiger partial charge in [-0.2, -0.15) is 0 Å². The minimum Gasteiger partial charge on any atom is -0.231 e. The lowest BCUT2D eigenvalue weighted by Crippen LogP contribution is -2.02. The Balaban J connectivity index is 2.01. The van der Waals surface area contributed by atoms with Crippen LogP contribution in [0.2, 0.25) is 5.15 Å². The van der Waals surface area contributed by atoms with Gasteiger partial charge in [-0.05, 0) is 47.2 Å². The van der Waals surface area contributed by atoms with E-state index in [1.807, 2.05) is 0 Å². The molecule has 1 saturated carbocycles. The summed E-state index contributed by atoms with van der Waals surface area (Å²) in [6.07, 6.45) is 7.00. The fourth-order valence-corrected chi connectivity index (χ4v) is 3.86. The molecule has 3 rings (SSSR count). The van der Waals surface area contributed by atoms with Crippen LogP contribution in [-0.2, 0) is 0 Å². The van der Waals surface area contributed by atoms with Gasteiger partial charge in [0.05, 0.1) is 10.2 Å². The van der Waals surface area contributed by atoms with Crippen LogP contribution in [0.3, 0.4) is 0 Å². The van der Waals surface area contributed by atoms with Crippen molar-refractivity contribution in [1.29, 1.82) is 0 Å². The third kappa shape index (κ3) is 3.27. The van der Waals surface area contributed by atoms with E-state index in [-0.39, 0.29) is 0 Å². The van der Waals surface area contributed by atoms with Crippen molar-refractivity contribution in [3.05, 3.63) is 39.6 Å². The second-order valence-electron chi connectivity index (χ2n) is 5.25. The third-order valence-electron chi connectivity index (χ3n) is 3.93. The molecule has 0 atom stereocenters. The lowest BCUT2D eigenvalue weighted by molar-refractivity contribution is 0.691. The van der Waals surface area contributed by atoms with E-state index in [0.29, 0.717) is 11.1 Å². The van der Waals surface area contributed by atoms with E-state index in [9.17, 15) is 0 Å². The first kappa shape index (κ1) is 15.3. The molecule has 0 radical (unpaired) electrons. The maximum absolute atomic E-state index is 6.30. The normalized spacial score (nSPS) is 15.6. The van der Waals surface area contributed by atoms with E-state index in [4.69, 9.17) is 16.6 Å². The molecule has 0 amide bonds. The van der Waals surface area contributed by atoms with Crippen molar-refractivity contribution >= 4 is 39.3 Å². The highest BCUT2D eigenvalue weighted by atomic mass is 79.9. The Morgan fingerprint density at radius 2 is 1.81 bits per heavy atom. The van der Waals surface area contributed by atoms with Gasteiger partial charge in [0.2, 0.25) is 0 Å². The monoisotopic (exact) mass is 382 g/mol. The molecule has 1 aliphatic carbocycles. The van der Waals surface area contributed by atoms with Crippen LogP contribution in [0.15, 0.2) is 33.6 Å². The van der Waals surface area contributed by atoms with Gasteiger partial charge in [0, 0.05) is 16.4 Å². The van der Waals surface area contributed by atoms with Crippen LogP contribution in [0.5, 0.6) is 0 Å². The van der Waals surface area contributed by atoms with E-state index in [2.05, 4.69) is 51.4 Å². The number of benzene rings is 1. The van der Waals surface area contributed by atoms with Gasteiger partial charge >= 0.3 is 0 Å². The van der Waals surface area contributed by atoms with Crippen molar-refractivity contribution in [2.24, 2.45) is 0 Å². The standard InChI is InChI=1S/C16H16BrClN2S/c1-21-12-8-6-11(7-9-12)16-19-14(10-4-2-3-5-10)13(17)15(18)20-16/h6-10H,2-5H2,1H3. The Morgan fingerprint density at radius 3 is 2.43 bits per heavy atom. The minimum absolute atomic E-state index is 0.504. The molecule has 1 heterocycles. The molecule has 2 aromatic rings. The molecule has 110 valence electrons. The van der Waals surface area contributed by atoms with Gasteiger partial charge in [-0.15, -0.1) is 11.8 Å². The van der Waals surface area contributed by atoms with Gasteiger partial charge in [0.15, 0.2) is 5.82 Å². The van der Waals surface area contributed by atoms with Crippen molar-refractivity contribution in [2.45, 2.75) is 36.5 Å². The predicted molar refractivity (Wildman–Crippen MR) is 93.2 cm³/mol. The molecule has 0 N–H and O–H groups in total. The average molecular weight is 384 g/mol. The summed E-state index contributed by atoms with van der Waals surface area (Å²) in [7, 11) is 0. The predicted octanol–water partition coefficient (Wildman–Crippen LogP) is 5.94. The molecule has 1 aliphatic rings. The lowest BCUT2D eigenvalue weighted by Gasteiger charge is -2.13. The molecule has 0 unspecified atom stereocenters. The van der Waals surface area contributed by atoms with Gasteiger partial charge < -0.3 is 0 Å². The Kier molecular flexibility index (Phi) is 4.87. The molecule has 0 saturated heterocycles. The molecule has 21 heavy (non-hydrogen) atoms. The smallest absolute Gasteiger partial charge is 0.161 e. The maximum atomic E-state index is 6.30. The molecule has 0 bridgehead atoms. The van der Waals surface area contributed by atoms with Crippen LogP contribution in [-0.4, -0.2) is 16.2 Å². The second kappa shape index (κ2) is 6.67. The molecule has 0 spiro atoms. The molecule has 2 nitrogen and oxygen atoms in total. The number of rotatable bonds is 3. The van der Waals surface area contributed by atoms with Crippen LogP contribution in [0.25, 0.3) is 11.4 Å². The zero-order valence-corrected chi connectivity index (χ0v) is 14.9. The minimum atomic E-state index is 0.504. The first-order chi connectivity index (χ1) is 10.2. The summed E-state index contributed by atoms with van der Waals surface area (Å²) in [4.78, 5) is 10.5. The Labute approximate surface area is 142 Å². The van der Waals surface area contributed by atoms with E-state index < -0.39 is 0 Å². The molecular weight excluding hydrogens is 368 g/mol. The second-order valence-corrected chi connectivity index (χ2v) is 7.28. The third-order valence-corrected chi connectivity index (χ3v) is 5.95. The van der Waals surface area contributed by atoms with Crippen molar-refractivity contribution in [1.82, 2.24) is 9.97 Å². The summed E-state index contributed by atoms with van der Waals surface area (Å²) in [6.45, 7) is 0. The highest BCUT2D eigenvalue weighted by molar-refractivity contribution is 9.10. The van der Waals surface area contributed by atoms with Crippen LogP contribution in [0, 0.1) is 0 Å². The topological polar surface area (TPSA) is 25.8 Å². The first-order valence-electron chi connectivity index (χ1n) is 7.06. The zero-order chi connectivity index (χ0) is 14.8. The van der Waals surface area contributed by atoms with Crippen LogP contribution in [0.1, 0.15) is 37.3 Å². The van der Waals surface area contributed by atoms with Crippen molar-refractivity contribution in [3.8, 4) is 11.4 Å². The van der Waals surface area contributed by atoms with E-state index in [1.165, 1.54) is 30.6 Å². The number of hydrogen-bond donors (Lipinski definition) is 0. The highest BCUT2D eigenvalue weighted by Gasteiger charge is 2.23. The fraction of sp³-hybridized carbons (Fsp3) is 0.375. The summed E-state index contributed by atoms with van der Waals surface area (Å²) in [5, 5.41) is 0.510. The summed E-state index contributed by atoms with van der Waals surface area (Å²) in [5.74, 6) is 1.22. The summed E-state index contributed by atoms with van der Waals surface area (Å²) in [5.41, 5.74) is 2.08. The van der Waals surface area contributed by atoms with Crippen LogP contribution >= 0.6 is 39.3 Å². The Bertz CT molecular complexity index is 639. The Morgan fingerprint density at radius 1 is 1.14 bits per heavy atom. The van der Waals surface area contributed by atoms with E-state index >= 15 is 0 Å². The molecule has 0 aliphatic heterocycles. The van der Waals surface area contributed by atoms with Gasteiger partial charge in [-0.25, -0.2) is 9.97 Å². The average Bonchev–Trinajstić information content (AvgIpc) is 3.04. The molecule has 1 fully saturated rings. The van der Waals surface area contributed by atoms with E-state index in [1.54, 1.807) is 11.8 Å². The van der Waals surface area contributed by atoms with Crippen molar-refractivity contribution in [3.63, 3.8) is 0 Å². The van der Waals surface area contributed by atoms with Gasteiger partial charge in [0.25, 0.3) is 0 Å². The number of halogens is 2. The number of hydrogen-bond acceptors (Lipinski definition) is 3. The van der Waals surface area contributed by atoms with Crippen LogP contribution in [0.4, 0.5) is 0 Å². The zero-order valence-electron chi connectivity index (χ0n) is 11.8. The fourth-order valence-electron chi connectivity index (χ4n) is 2.77. The largest absolute Gasteiger partial charge is 0.231 e. The van der Waals surface area contributed by atoms with Gasteiger partial charge in [-0.3, -0.25) is 0 Å².